The van der Waals surface area contributed by atoms with Gasteiger partial charge in [0.05, 0.1) is 12.3 Å². The Morgan fingerprint density at radius 1 is 1.12 bits per heavy atom. The Bertz CT molecular complexity index is 1250. The summed E-state index contributed by atoms with van der Waals surface area (Å²) in [4.78, 5) is 29.1. The van der Waals surface area contributed by atoms with E-state index >= 15 is 0 Å². The normalized spacial score (nSPS) is 11.6. The number of amides is 2. The van der Waals surface area contributed by atoms with Gasteiger partial charge in [-0.1, -0.05) is 36.4 Å². The summed E-state index contributed by atoms with van der Waals surface area (Å²) in [6, 6.07) is 17.2. The van der Waals surface area contributed by atoms with Crippen LogP contribution in [0.25, 0.3) is 5.69 Å². The lowest BCUT2D eigenvalue weighted by atomic mass is 10.1. The van der Waals surface area contributed by atoms with Gasteiger partial charge in [0.25, 0.3) is 0 Å². The van der Waals surface area contributed by atoms with Crippen molar-refractivity contribution in [1.29, 1.82) is 0 Å². The number of nitrogens with one attached hydrogen (secondary N) is 3. The van der Waals surface area contributed by atoms with Crippen molar-refractivity contribution >= 4 is 17.7 Å². The standard InChI is InChI=1S/C23H23N7O3/c1-3-33-22(31)19-12-13-30(29-19)18-11-7-10-17(14-18)25-23(32)26-20(16-8-5-4-6-9-16)21-24-15(2)27-28-21/h4-14,20H,3H2,1-2H3,(H,24,27,28)(H2,25,26,32). The van der Waals surface area contributed by atoms with Gasteiger partial charge in [-0.3, -0.25) is 5.10 Å². The van der Waals surface area contributed by atoms with E-state index in [9.17, 15) is 9.59 Å². The first-order chi connectivity index (χ1) is 16.0. The van der Waals surface area contributed by atoms with E-state index in [0.29, 0.717) is 23.0 Å². The lowest BCUT2D eigenvalue weighted by Gasteiger charge is -2.17. The smallest absolute Gasteiger partial charge is 0.358 e. The molecule has 0 fully saturated rings. The van der Waals surface area contributed by atoms with E-state index in [-0.39, 0.29) is 12.3 Å². The molecule has 1 atom stereocenters. The third-order valence-electron chi connectivity index (χ3n) is 4.72. The second-order valence-corrected chi connectivity index (χ2v) is 7.14. The number of esters is 1. The van der Waals surface area contributed by atoms with Gasteiger partial charge in [-0.25, -0.2) is 19.3 Å². The highest BCUT2D eigenvalue weighted by atomic mass is 16.5. The van der Waals surface area contributed by atoms with Gasteiger partial charge in [-0.2, -0.15) is 10.2 Å². The van der Waals surface area contributed by atoms with Gasteiger partial charge in [0.2, 0.25) is 0 Å². The molecule has 1 unspecified atom stereocenters. The highest BCUT2D eigenvalue weighted by molar-refractivity contribution is 5.90. The van der Waals surface area contributed by atoms with Gasteiger partial charge in [0, 0.05) is 11.9 Å². The predicted molar refractivity (Wildman–Crippen MR) is 121 cm³/mol. The molecule has 10 heteroatoms. The molecule has 4 aromatic rings. The largest absolute Gasteiger partial charge is 0.461 e. The number of benzene rings is 2. The van der Waals surface area contributed by atoms with E-state index < -0.39 is 18.0 Å². The molecule has 0 bridgehead atoms. The van der Waals surface area contributed by atoms with Crippen LogP contribution in [0.4, 0.5) is 10.5 Å². The maximum absolute atomic E-state index is 12.8. The number of aromatic nitrogens is 5. The molecule has 2 aromatic carbocycles. The SMILES string of the molecule is CCOC(=O)c1ccn(-c2cccc(NC(=O)NC(c3ccccc3)c3n[nH]c(C)n3)c2)n1. The summed E-state index contributed by atoms with van der Waals surface area (Å²) in [6.45, 7) is 3.81. The van der Waals surface area contributed by atoms with Crippen LogP contribution >= 0.6 is 0 Å². The van der Waals surface area contributed by atoms with Crippen LogP contribution < -0.4 is 10.6 Å². The predicted octanol–water partition coefficient (Wildman–Crippen LogP) is 3.39. The van der Waals surface area contributed by atoms with Crippen molar-refractivity contribution in [3.63, 3.8) is 0 Å². The fraction of sp³-hybridized carbons (Fsp3) is 0.174. The zero-order valence-electron chi connectivity index (χ0n) is 18.1. The molecule has 0 aliphatic heterocycles. The first kappa shape index (κ1) is 21.8. The van der Waals surface area contributed by atoms with Crippen molar-refractivity contribution in [3.8, 4) is 5.69 Å². The number of aryl methyl sites for hydroxylation is 1. The summed E-state index contributed by atoms with van der Waals surface area (Å²) in [5.41, 5.74) is 2.28. The molecule has 0 saturated heterocycles. The molecule has 33 heavy (non-hydrogen) atoms. The number of anilines is 1. The van der Waals surface area contributed by atoms with Crippen molar-refractivity contribution in [3.05, 3.63) is 89.8 Å². The Morgan fingerprint density at radius 2 is 1.94 bits per heavy atom. The third-order valence-corrected chi connectivity index (χ3v) is 4.72. The number of carbonyl (C=O) groups excluding carboxylic acids is 2. The number of rotatable bonds is 7. The minimum Gasteiger partial charge on any atom is -0.461 e. The number of urea groups is 1. The van der Waals surface area contributed by atoms with E-state index in [1.807, 2.05) is 36.4 Å². The minimum absolute atomic E-state index is 0.209. The van der Waals surface area contributed by atoms with E-state index in [1.54, 1.807) is 49.0 Å². The van der Waals surface area contributed by atoms with Crippen LogP contribution in [0.3, 0.4) is 0 Å². The number of H-pyrrole nitrogens is 1. The average molecular weight is 445 g/mol. The van der Waals surface area contributed by atoms with Gasteiger partial charge >= 0.3 is 12.0 Å². The fourth-order valence-corrected chi connectivity index (χ4v) is 3.24. The number of ether oxygens (including phenoxy) is 1. The van der Waals surface area contributed by atoms with Crippen molar-refractivity contribution in [2.45, 2.75) is 19.9 Å². The van der Waals surface area contributed by atoms with Crippen LogP contribution in [0.2, 0.25) is 0 Å². The van der Waals surface area contributed by atoms with Gasteiger partial charge in [-0.05, 0) is 43.7 Å². The average Bonchev–Trinajstić information content (AvgIpc) is 3.48. The molecular formula is C23H23N7O3. The molecule has 168 valence electrons. The van der Waals surface area contributed by atoms with Crippen LogP contribution in [0.5, 0.6) is 0 Å². The Hall–Kier alpha value is -4.47. The van der Waals surface area contributed by atoms with Gasteiger partial charge in [-0.15, -0.1) is 0 Å². The summed E-state index contributed by atoms with van der Waals surface area (Å²) < 4.78 is 6.51. The monoisotopic (exact) mass is 445 g/mol. The lowest BCUT2D eigenvalue weighted by molar-refractivity contribution is 0.0519. The first-order valence-electron chi connectivity index (χ1n) is 10.4. The minimum atomic E-state index is -0.530. The maximum Gasteiger partial charge on any atom is 0.358 e. The Labute approximate surface area is 190 Å². The Kier molecular flexibility index (Phi) is 6.44. The molecule has 0 radical (unpaired) electrons. The topological polar surface area (TPSA) is 127 Å². The second kappa shape index (κ2) is 9.77. The van der Waals surface area contributed by atoms with Gasteiger partial charge in [0.1, 0.15) is 11.9 Å². The molecule has 0 aliphatic rings. The van der Waals surface area contributed by atoms with E-state index in [0.717, 1.165) is 5.56 Å². The van der Waals surface area contributed by atoms with Crippen LogP contribution in [0.15, 0.2) is 66.9 Å². The molecule has 2 heterocycles. The molecule has 10 nitrogen and oxygen atoms in total. The molecule has 3 N–H and O–H groups in total. The van der Waals surface area contributed by atoms with Crippen molar-refractivity contribution in [1.82, 2.24) is 30.3 Å². The number of aromatic amines is 1. The van der Waals surface area contributed by atoms with Crippen LogP contribution in [-0.2, 0) is 4.74 Å². The van der Waals surface area contributed by atoms with Crippen molar-refractivity contribution in [2.75, 3.05) is 11.9 Å². The number of hydrogen-bond donors (Lipinski definition) is 3. The highest BCUT2D eigenvalue weighted by Crippen LogP contribution is 2.20. The second-order valence-electron chi connectivity index (χ2n) is 7.14. The number of carbonyl (C=O) groups is 2. The molecule has 2 amide bonds. The van der Waals surface area contributed by atoms with Crippen LogP contribution in [0, 0.1) is 6.92 Å². The molecule has 0 aliphatic carbocycles. The van der Waals surface area contributed by atoms with Crippen molar-refractivity contribution in [2.24, 2.45) is 0 Å². The van der Waals surface area contributed by atoms with E-state index in [2.05, 4.69) is 30.9 Å². The third kappa shape index (κ3) is 5.24. The molecule has 0 saturated carbocycles. The Morgan fingerprint density at radius 3 is 2.67 bits per heavy atom. The van der Waals surface area contributed by atoms with Crippen LogP contribution in [0.1, 0.15) is 40.7 Å². The molecular weight excluding hydrogens is 422 g/mol. The first-order valence-corrected chi connectivity index (χ1v) is 10.4. The maximum atomic E-state index is 12.8. The molecule has 4 rings (SSSR count). The van der Waals surface area contributed by atoms with Gasteiger partial charge in [0.15, 0.2) is 11.5 Å². The zero-order chi connectivity index (χ0) is 23.2. The number of nitrogens with zero attached hydrogens (tertiary/aromatic N) is 4. The summed E-state index contributed by atoms with van der Waals surface area (Å²) in [7, 11) is 0. The summed E-state index contributed by atoms with van der Waals surface area (Å²) in [5, 5.41) is 17.0. The zero-order valence-corrected chi connectivity index (χ0v) is 18.1. The summed E-state index contributed by atoms with van der Waals surface area (Å²) in [5.74, 6) is 0.631. The van der Waals surface area contributed by atoms with E-state index in [4.69, 9.17) is 4.74 Å². The highest BCUT2D eigenvalue weighted by Gasteiger charge is 2.21. The summed E-state index contributed by atoms with van der Waals surface area (Å²) >= 11 is 0. The fourth-order valence-electron chi connectivity index (χ4n) is 3.24. The molecule has 2 aromatic heterocycles. The van der Waals surface area contributed by atoms with Crippen LogP contribution in [-0.4, -0.2) is 43.6 Å². The number of hydrogen-bond acceptors (Lipinski definition) is 6. The molecule has 0 spiro atoms. The lowest BCUT2D eigenvalue weighted by Crippen LogP contribution is -2.33. The van der Waals surface area contributed by atoms with Crippen molar-refractivity contribution < 1.29 is 14.3 Å². The summed E-state index contributed by atoms with van der Waals surface area (Å²) in [6.07, 6.45) is 1.66. The quantitative estimate of drug-likeness (QED) is 0.374. The Balaban J connectivity index is 1.50. The van der Waals surface area contributed by atoms with E-state index in [1.165, 1.54) is 0 Å². The van der Waals surface area contributed by atoms with Gasteiger partial charge < -0.3 is 15.4 Å².